The summed E-state index contributed by atoms with van der Waals surface area (Å²) in [5.74, 6) is 0.820. The van der Waals surface area contributed by atoms with Crippen molar-refractivity contribution in [3.8, 4) is 0 Å². The second-order valence-electron chi connectivity index (χ2n) is 7.55. The van der Waals surface area contributed by atoms with E-state index >= 15 is 0 Å². The second kappa shape index (κ2) is 7.79. The van der Waals surface area contributed by atoms with Crippen LogP contribution in [0.25, 0.3) is 5.65 Å². The summed E-state index contributed by atoms with van der Waals surface area (Å²) in [7, 11) is 1.60. The molecule has 0 bridgehead atoms. The number of hydrogen-bond donors (Lipinski definition) is 2. The van der Waals surface area contributed by atoms with Gasteiger partial charge in [-0.05, 0) is 39.3 Å². The van der Waals surface area contributed by atoms with Crippen LogP contribution in [0.15, 0.2) is 24.4 Å². The van der Waals surface area contributed by atoms with Crippen LogP contribution in [-0.2, 0) is 6.54 Å². The predicted molar refractivity (Wildman–Crippen MR) is 112 cm³/mol. The molecule has 8 heteroatoms. The maximum absolute atomic E-state index is 12.0. The van der Waals surface area contributed by atoms with Crippen LogP contribution >= 0.6 is 0 Å². The van der Waals surface area contributed by atoms with E-state index in [1.807, 2.05) is 32.0 Å². The molecular formula is C21H27N7O. The third kappa shape index (κ3) is 3.67. The number of rotatable bonds is 5. The van der Waals surface area contributed by atoms with Gasteiger partial charge in [0.05, 0.1) is 11.4 Å². The summed E-state index contributed by atoms with van der Waals surface area (Å²) in [6.45, 7) is 8.50. The number of hydrogen-bond acceptors (Lipinski definition) is 6. The highest BCUT2D eigenvalue weighted by Gasteiger charge is 2.26. The molecule has 1 fully saturated rings. The predicted octanol–water partition coefficient (Wildman–Crippen LogP) is 1.78. The molecule has 1 aliphatic heterocycles. The lowest BCUT2D eigenvalue weighted by Gasteiger charge is -2.21. The van der Waals surface area contributed by atoms with Gasteiger partial charge >= 0.3 is 0 Å². The molecule has 0 spiro atoms. The fraction of sp³-hybridized carbons (Fsp3) is 0.429. The van der Waals surface area contributed by atoms with Crippen LogP contribution in [0.1, 0.15) is 39.7 Å². The molecule has 4 heterocycles. The monoisotopic (exact) mass is 393 g/mol. The van der Waals surface area contributed by atoms with E-state index < -0.39 is 0 Å². The first kappa shape index (κ1) is 19.3. The van der Waals surface area contributed by atoms with Gasteiger partial charge in [0.15, 0.2) is 0 Å². The van der Waals surface area contributed by atoms with E-state index in [4.69, 9.17) is 0 Å². The minimum atomic E-state index is -0.258. The standard InChI is InChI=1S/C21H27N7O/c1-13-14(2)25-19(21(29)22-4)26-20(13)27-10-8-16(12-27)23-11-17-15(3)24-18-7-5-6-9-28(17)18/h5-7,9,16,23H,8,10-12H2,1-4H3,(H,22,29)/t16-/m1/s1. The fourth-order valence-corrected chi connectivity index (χ4v) is 3.87. The van der Waals surface area contributed by atoms with Crippen molar-refractivity contribution in [2.75, 3.05) is 25.0 Å². The number of aryl methyl sites for hydroxylation is 2. The molecule has 0 saturated carbocycles. The molecule has 0 aromatic carbocycles. The Kier molecular flexibility index (Phi) is 5.19. The lowest BCUT2D eigenvalue weighted by molar-refractivity contribution is 0.0952. The van der Waals surface area contributed by atoms with Gasteiger partial charge in [0.2, 0.25) is 5.82 Å². The minimum absolute atomic E-state index is 0.225. The average Bonchev–Trinajstić information content (AvgIpc) is 3.31. The topological polar surface area (TPSA) is 87.5 Å². The maximum atomic E-state index is 12.0. The normalized spacial score (nSPS) is 16.6. The van der Waals surface area contributed by atoms with Crippen LogP contribution in [0.3, 0.4) is 0 Å². The van der Waals surface area contributed by atoms with Crippen LogP contribution in [-0.4, -0.2) is 51.4 Å². The van der Waals surface area contributed by atoms with Crippen LogP contribution in [0.2, 0.25) is 0 Å². The molecule has 8 nitrogen and oxygen atoms in total. The zero-order chi connectivity index (χ0) is 20.5. The number of aromatic nitrogens is 4. The Morgan fingerprint density at radius 1 is 1.17 bits per heavy atom. The van der Waals surface area contributed by atoms with Crippen molar-refractivity contribution in [1.82, 2.24) is 30.0 Å². The second-order valence-corrected chi connectivity index (χ2v) is 7.55. The molecule has 1 atom stereocenters. The smallest absolute Gasteiger partial charge is 0.288 e. The lowest BCUT2D eigenvalue weighted by Crippen LogP contribution is -2.33. The molecule has 0 radical (unpaired) electrons. The van der Waals surface area contributed by atoms with Crippen molar-refractivity contribution < 1.29 is 4.79 Å². The quantitative estimate of drug-likeness (QED) is 0.687. The Labute approximate surface area is 170 Å². The van der Waals surface area contributed by atoms with Crippen molar-refractivity contribution in [3.63, 3.8) is 0 Å². The fourth-order valence-electron chi connectivity index (χ4n) is 3.87. The van der Waals surface area contributed by atoms with E-state index in [9.17, 15) is 4.79 Å². The number of nitrogens with zero attached hydrogens (tertiary/aromatic N) is 5. The summed E-state index contributed by atoms with van der Waals surface area (Å²) in [4.78, 5) is 27.8. The summed E-state index contributed by atoms with van der Waals surface area (Å²) in [6, 6.07) is 6.41. The van der Waals surface area contributed by atoms with Gasteiger partial charge < -0.3 is 19.9 Å². The third-order valence-corrected chi connectivity index (χ3v) is 5.67. The molecular weight excluding hydrogens is 366 g/mol. The first-order chi connectivity index (χ1) is 14.0. The van der Waals surface area contributed by atoms with Crippen molar-refractivity contribution in [2.45, 2.75) is 39.8 Å². The summed E-state index contributed by atoms with van der Waals surface area (Å²) >= 11 is 0. The van der Waals surface area contributed by atoms with E-state index in [-0.39, 0.29) is 11.7 Å². The van der Waals surface area contributed by atoms with Gasteiger partial charge in [0, 0.05) is 50.2 Å². The van der Waals surface area contributed by atoms with Crippen LogP contribution in [0.5, 0.6) is 0 Å². The summed E-state index contributed by atoms with van der Waals surface area (Å²) in [6.07, 6.45) is 3.08. The first-order valence-corrected chi connectivity index (χ1v) is 9.96. The maximum Gasteiger partial charge on any atom is 0.288 e. The van der Waals surface area contributed by atoms with Crippen molar-refractivity contribution in [3.05, 3.63) is 52.9 Å². The van der Waals surface area contributed by atoms with Gasteiger partial charge in [-0.1, -0.05) is 6.07 Å². The molecule has 152 valence electrons. The van der Waals surface area contributed by atoms with Gasteiger partial charge in [-0.15, -0.1) is 0 Å². The van der Waals surface area contributed by atoms with Crippen molar-refractivity contribution >= 4 is 17.4 Å². The average molecular weight is 393 g/mol. The largest absolute Gasteiger partial charge is 0.355 e. The Morgan fingerprint density at radius 3 is 2.79 bits per heavy atom. The molecule has 1 amide bonds. The Morgan fingerprint density at radius 2 is 2.00 bits per heavy atom. The molecule has 1 aliphatic rings. The number of imidazole rings is 1. The Balaban J connectivity index is 1.48. The Bertz CT molecular complexity index is 1060. The highest BCUT2D eigenvalue weighted by Crippen LogP contribution is 2.24. The SMILES string of the molecule is CNC(=O)c1nc(C)c(C)c(N2CC[C@@H](NCc3c(C)nc4ccccn34)C2)n1. The number of carbonyl (C=O) groups excluding carboxylic acids is 1. The number of carbonyl (C=O) groups is 1. The van der Waals surface area contributed by atoms with Crippen LogP contribution in [0, 0.1) is 20.8 Å². The van der Waals surface area contributed by atoms with Gasteiger partial charge in [0.25, 0.3) is 5.91 Å². The first-order valence-electron chi connectivity index (χ1n) is 9.96. The number of pyridine rings is 1. The van der Waals surface area contributed by atoms with Gasteiger partial charge in [0.1, 0.15) is 11.5 Å². The summed E-state index contributed by atoms with van der Waals surface area (Å²) in [5.41, 5.74) is 5.08. The highest BCUT2D eigenvalue weighted by molar-refractivity contribution is 5.90. The zero-order valence-corrected chi connectivity index (χ0v) is 17.4. The number of amides is 1. The molecule has 4 rings (SSSR count). The zero-order valence-electron chi connectivity index (χ0n) is 17.4. The summed E-state index contributed by atoms with van der Waals surface area (Å²) < 4.78 is 2.14. The highest BCUT2D eigenvalue weighted by atomic mass is 16.2. The van der Waals surface area contributed by atoms with E-state index in [1.165, 1.54) is 5.69 Å². The number of fused-ring (bicyclic) bond motifs is 1. The third-order valence-electron chi connectivity index (χ3n) is 5.67. The van der Waals surface area contributed by atoms with Gasteiger partial charge in [-0.25, -0.2) is 15.0 Å². The molecule has 1 saturated heterocycles. The molecule has 0 aliphatic carbocycles. The van der Waals surface area contributed by atoms with E-state index in [0.717, 1.165) is 54.5 Å². The van der Waals surface area contributed by atoms with Gasteiger partial charge in [-0.2, -0.15) is 0 Å². The number of nitrogens with one attached hydrogen (secondary N) is 2. The van der Waals surface area contributed by atoms with Crippen LogP contribution in [0.4, 0.5) is 5.82 Å². The molecule has 0 unspecified atom stereocenters. The molecule has 29 heavy (non-hydrogen) atoms. The molecule has 2 N–H and O–H groups in total. The number of anilines is 1. The van der Waals surface area contributed by atoms with Crippen molar-refractivity contribution in [1.29, 1.82) is 0 Å². The van der Waals surface area contributed by atoms with Crippen LogP contribution < -0.4 is 15.5 Å². The Hall–Kier alpha value is -3.00. The molecule has 3 aromatic rings. The molecule has 3 aromatic heterocycles. The van der Waals surface area contributed by atoms with Gasteiger partial charge in [-0.3, -0.25) is 4.79 Å². The summed E-state index contributed by atoms with van der Waals surface area (Å²) in [5, 5.41) is 6.28. The van der Waals surface area contributed by atoms with E-state index in [1.54, 1.807) is 7.05 Å². The van der Waals surface area contributed by atoms with E-state index in [0.29, 0.717) is 6.04 Å². The lowest BCUT2D eigenvalue weighted by atomic mass is 10.2. The van der Waals surface area contributed by atoms with E-state index in [2.05, 4.69) is 48.0 Å². The minimum Gasteiger partial charge on any atom is -0.355 e. The van der Waals surface area contributed by atoms with Crippen molar-refractivity contribution in [2.24, 2.45) is 0 Å².